The minimum atomic E-state index is -1.53. The molecule has 36 heavy (non-hydrogen) atoms. The Balaban J connectivity index is 2.53. The van der Waals surface area contributed by atoms with E-state index in [2.05, 4.69) is 0 Å². The maximum Gasteiger partial charge on any atom is 0.305 e. The van der Waals surface area contributed by atoms with Gasteiger partial charge in [0.2, 0.25) is 6.29 Å². The van der Waals surface area contributed by atoms with E-state index in [9.17, 15) is 24.0 Å². The van der Waals surface area contributed by atoms with E-state index in [0.717, 1.165) is 40.2 Å². The molecule has 0 amide bonds. The molecule has 0 N–H and O–H groups in total. The van der Waals surface area contributed by atoms with E-state index in [1.54, 1.807) is 24.3 Å². The standard InChI is InChI=1S/C24H30O12/c1-13(25)30-12-19(32-14(2)26)20-22(33-15(3)27)21(31-11-18-9-7-6-8-10-18)23(34-16(4)28)24(36-20)35-17(5)29/h6-10,19-24H,11-12H2,1-5H3/t19-,20+,21-,22+,23+,24?/m0/s1. The van der Waals surface area contributed by atoms with Crippen molar-refractivity contribution in [3.05, 3.63) is 35.9 Å². The van der Waals surface area contributed by atoms with Crippen molar-refractivity contribution in [3.8, 4) is 0 Å². The Hall–Kier alpha value is -3.51. The highest BCUT2D eigenvalue weighted by atomic mass is 16.7. The van der Waals surface area contributed by atoms with Crippen molar-refractivity contribution in [2.24, 2.45) is 0 Å². The summed E-state index contributed by atoms with van der Waals surface area (Å²) >= 11 is 0. The van der Waals surface area contributed by atoms with Gasteiger partial charge in [0.1, 0.15) is 18.8 Å². The molecule has 1 aliphatic rings. The highest BCUT2D eigenvalue weighted by Crippen LogP contribution is 2.32. The summed E-state index contributed by atoms with van der Waals surface area (Å²) in [7, 11) is 0. The lowest BCUT2D eigenvalue weighted by Crippen LogP contribution is -2.65. The van der Waals surface area contributed by atoms with Crippen molar-refractivity contribution >= 4 is 29.8 Å². The fourth-order valence-electron chi connectivity index (χ4n) is 3.60. The molecule has 12 heteroatoms. The Labute approximate surface area is 208 Å². The monoisotopic (exact) mass is 510 g/mol. The quantitative estimate of drug-likeness (QED) is 0.329. The second-order valence-corrected chi connectivity index (χ2v) is 7.94. The smallest absolute Gasteiger partial charge is 0.305 e. The molecule has 1 aromatic carbocycles. The molecular weight excluding hydrogens is 480 g/mol. The van der Waals surface area contributed by atoms with Gasteiger partial charge >= 0.3 is 29.8 Å². The maximum absolute atomic E-state index is 12.1. The van der Waals surface area contributed by atoms with E-state index in [0.29, 0.717) is 0 Å². The molecule has 1 heterocycles. The van der Waals surface area contributed by atoms with Gasteiger partial charge in [-0.2, -0.15) is 0 Å². The molecule has 1 saturated heterocycles. The first-order chi connectivity index (χ1) is 17.0. The second kappa shape index (κ2) is 13.5. The van der Waals surface area contributed by atoms with Crippen LogP contribution in [-0.2, 0) is 63.7 Å². The van der Waals surface area contributed by atoms with Crippen molar-refractivity contribution in [3.63, 3.8) is 0 Å². The van der Waals surface area contributed by atoms with Gasteiger partial charge in [0.15, 0.2) is 18.3 Å². The zero-order valence-corrected chi connectivity index (χ0v) is 20.7. The van der Waals surface area contributed by atoms with Gasteiger partial charge in [-0.3, -0.25) is 24.0 Å². The minimum absolute atomic E-state index is 0.0112. The van der Waals surface area contributed by atoms with Gasteiger partial charge in [0, 0.05) is 34.6 Å². The molecule has 1 unspecified atom stereocenters. The number of ether oxygens (including phenoxy) is 7. The van der Waals surface area contributed by atoms with Gasteiger partial charge in [-0.05, 0) is 5.56 Å². The van der Waals surface area contributed by atoms with Crippen LogP contribution >= 0.6 is 0 Å². The van der Waals surface area contributed by atoms with E-state index < -0.39 is 73.3 Å². The second-order valence-electron chi connectivity index (χ2n) is 7.94. The van der Waals surface area contributed by atoms with Crippen LogP contribution in [0, 0.1) is 0 Å². The summed E-state index contributed by atoms with van der Waals surface area (Å²) in [5, 5.41) is 0. The number of esters is 5. The van der Waals surface area contributed by atoms with Gasteiger partial charge in [-0.25, -0.2) is 0 Å². The van der Waals surface area contributed by atoms with Crippen molar-refractivity contribution in [1.29, 1.82) is 0 Å². The summed E-state index contributed by atoms with van der Waals surface area (Å²) in [6, 6.07) is 8.95. The van der Waals surface area contributed by atoms with Crippen LogP contribution in [0.3, 0.4) is 0 Å². The molecule has 0 bridgehead atoms. The van der Waals surface area contributed by atoms with Crippen molar-refractivity contribution in [2.75, 3.05) is 6.61 Å². The third-order valence-electron chi connectivity index (χ3n) is 4.84. The summed E-state index contributed by atoms with van der Waals surface area (Å²) < 4.78 is 38.3. The number of hydrogen-bond acceptors (Lipinski definition) is 12. The molecule has 0 aliphatic carbocycles. The Kier molecular flexibility index (Phi) is 10.8. The van der Waals surface area contributed by atoms with Gasteiger partial charge < -0.3 is 33.2 Å². The third-order valence-corrected chi connectivity index (χ3v) is 4.84. The van der Waals surface area contributed by atoms with Crippen LogP contribution in [0.25, 0.3) is 0 Å². The topological polar surface area (TPSA) is 150 Å². The zero-order chi connectivity index (χ0) is 26.8. The first-order valence-corrected chi connectivity index (χ1v) is 11.1. The number of carbonyl (C=O) groups excluding carboxylic acids is 5. The van der Waals surface area contributed by atoms with Crippen LogP contribution in [0.15, 0.2) is 30.3 Å². The predicted molar refractivity (Wildman–Crippen MR) is 119 cm³/mol. The minimum Gasteiger partial charge on any atom is -0.462 e. The van der Waals surface area contributed by atoms with Crippen molar-refractivity contribution in [1.82, 2.24) is 0 Å². The lowest BCUT2D eigenvalue weighted by atomic mass is 9.94. The molecule has 0 aromatic heterocycles. The average Bonchev–Trinajstić information content (AvgIpc) is 2.77. The van der Waals surface area contributed by atoms with E-state index in [1.807, 2.05) is 6.07 Å². The lowest BCUT2D eigenvalue weighted by molar-refractivity contribution is -0.315. The molecule has 0 saturated carbocycles. The van der Waals surface area contributed by atoms with Crippen LogP contribution < -0.4 is 0 Å². The van der Waals surface area contributed by atoms with Gasteiger partial charge in [-0.1, -0.05) is 30.3 Å². The molecule has 12 nitrogen and oxygen atoms in total. The Bertz CT molecular complexity index is 930. The lowest BCUT2D eigenvalue weighted by Gasteiger charge is -2.45. The van der Waals surface area contributed by atoms with Gasteiger partial charge in [-0.15, -0.1) is 0 Å². The fourth-order valence-corrected chi connectivity index (χ4v) is 3.60. The number of rotatable bonds is 10. The molecule has 2 rings (SSSR count). The fraction of sp³-hybridized carbons (Fsp3) is 0.542. The third kappa shape index (κ3) is 8.93. The summed E-state index contributed by atoms with van der Waals surface area (Å²) in [6.45, 7) is 5.19. The van der Waals surface area contributed by atoms with E-state index in [-0.39, 0.29) is 6.61 Å². The molecular formula is C24H30O12. The zero-order valence-electron chi connectivity index (χ0n) is 20.7. The molecule has 6 atom stereocenters. The predicted octanol–water partition coefficient (Wildman–Crippen LogP) is 1.22. The van der Waals surface area contributed by atoms with E-state index >= 15 is 0 Å². The Morgan fingerprint density at radius 1 is 0.750 bits per heavy atom. The van der Waals surface area contributed by atoms with E-state index in [1.165, 1.54) is 0 Å². The molecule has 1 fully saturated rings. The van der Waals surface area contributed by atoms with Gasteiger partial charge in [0.25, 0.3) is 0 Å². The summed E-state index contributed by atoms with van der Waals surface area (Å²) in [5.41, 5.74) is 0.740. The highest BCUT2D eigenvalue weighted by Gasteiger charge is 2.55. The molecule has 198 valence electrons. The van der Waals surface area contributed by atoms with Crippen LogP contribution in [0.1, 0.15) is 40.2 Å². The van der Waals surface area contributed by atoms with Crippen LogP contribution in [0.5, 0.6) is 0 Å². The normalized spacial score (nSPS) is 24.1. The summed E-state index contributed by atoms with van der Waals surface area (Å²) in [5.74, 6) is -3.68. The van der Waals surface area contributed by atoms with Crippen LogP contribution in [0.4, 0.5) is 0 Å². The Morgan fingerprint density at radius 3 is 1.86 bits per heavy atom. The van der Waals surface area contributed by atoms with Crippen molar-refractivity contribution < 1.29 is 57.1 Å². The first kappa shape index (κ1) is 28.7. The SMILES string of the molecule is CC(=O)OC[C@H](OC(C)=O)[C@H]1OC(OC(C)=O)[C@H](OC(C)=O)[C@@H](OCc2ccccc2)[C@@H]1OC(C)=O. The highest BCUT2D eigenvalue weighted by molar-refractivity contribution is 5.68. The van der Waals surface area contributed by atoms with Gasteiger partial charge in [0.05, 0.1) is 6.61 Å². The largest absolute Gasteiger partial charge is 0.462 e. The molecule has 0 radical (unpaired) electrons. The van der Waals surface area contributed by atoms with E-state index in [4.69, 9.17) is 33.2 Å². The summed E-state index contributed by atoms with van der Waals surface area (Å²) in [4.78, 5) is 59.1. The average molecular weight is 510 g/mol. The first-order valence-electron chi connectivity index (χ1n) is 11.1. The van der Waals surface area contributed by atoms with Crippen LogP contribution in [0.2, 0.25) is 0 Å². The molecule has 1 aromatic rings. The molecule has 0 spiro atoms. The van der Waals surface area contributed by atoms with Crippen LogP contribution in [-0.4, -0.2) is 73.3 Å². The summed E-state index contributed by atoms with van der Waals surface area (Å²) in [6.07, 6.45) is -8.09. The Morgan fingerprint density at radius 2 is 1.33 bits per heavy atom. The number of carbonyl (C=O) groups is 5. The number of benzene rings is 1. The number of hydrogen-bond donors (Lipinski definition) is 0. The van der Waals surface area contributed by atoms with Crippen molar-refractivity contribution in [2.45, 2.75) is 78.0 Å². The molecule has 1 aliphatic heterocycles. The maximum atomic E-state index is 12.1.